The van der Waals surface area contributed by atoms with Gasteiger partial charge in [-0.3, -0.25) is 0 Å². The maximum atomic E-state index is 11.1. The van der Waals surface area contributed by atoms with Crippen LogP contribution in [0.25, 0.3) is 0 Å². The number of carbonyl (C=O) groups excluding carboxylic acids is 1. The summed E-state index contributed by atoms with van der Waals surface area (Å²) in [7, 11) is 0. The van der Waals surface area contributed by atoms with Crippen LogP contribution in [0.5, 0.6) is 0 Å². The van der Waals surface area contributed by atoms with Gasteiger partial charge >= 0.3 is 6.03 Å². The highest BCUT2D eigenvalue weighted by Gasteiger charge is 1.97. The molecule has 0 fully saturated rings. The van der Waals surface area contributed by atoms with Gasteiger partial charge in [0, 0.05) is 12.2 Å². The highest BCUT2D eigenvalue weighted by molar-refractivity contribution is 5.89. The van der Waals surface area contributed by atoms with E-state index in [4.69, 9.17) is 0 Å². The van der Waals surface area contributed by atoms with Gasteiger partial charge < -0.3 is 10.6 Å². The number of hydrogen-bond donors (Lipinski definition) is 2. The standard InChI is InChI=1S/C10H12N2O/c1-2-8-11-10(13)12-9-6-4-3-5-7-9/h2-7H,1,8H2,(H2,11,12,13). The van der Waals surface area contributed by atoms with E-state index in [1.54, 1.807) is 6.08 Å². The fourth-order valence-corrected chi connectivity index (χ4v) is 0.862. The summed E-state index contributed by atoms with van der Waals surface area (Å²) >= 11 is 0. The second-order valence-electron chi connectivity index (χ2n) is 2.49. The van der Waals surface area contributed by atoms with Gasteiger partial charge in [0.25, 0.3) is 0 Å². The van der Waals surface area contributed by atoms with E-state index < -0.39 is 0 Å². The summed E-state index contributed by atoms with van der Waals surface area (Å²) in [5.74, 6) is 0. The van der Waals surface area contributed by atoms with Crippen molar-refractivity contribution in [1.29, 1.82) is 0 Å². The average molecular weight is 176 g/mol. The molecule has 0 saturated heterocycles. The molecule has 1 aromatic rings. The molecule has 0 radical (unpaired) electrons. The first-order valence-corrected chi connectivity index (χ1v) is 4.03. The molecule has 0 saturated carbocycles. The predicted octanol–water partition coefficient (Wildman–Crippen LogP) is 1.99. The molecule has 2 amide bonds. The fourth-order valence-electron chi connectivity index (χ4n) is 0.862. The molecule has 0 spiro atoms. The molecule has 3 nitrogen and oxygen atoms in total. The van der Waals surface area contributed by atoms with Crippen LogP contribution < -0.4 is 10.6 Å². The number of para-hydroxylation sites is 1. The molecule has 1 rings (SSSR count). The third kappa shape index (κ3) is 3.42. The molecule has 0 heterocycles. The SMILES string of the molecule is C=CCNC(=O)Nc1ccccc1. The van der Waals surface area contributed by atoms with Crippen LogP contribution in [-0.4, -0.2) is 12.6 Å². The van der Waals surface area contributed by atoms with E-state index in [1.807, 2.05) is 30.3 Å². The second-order valence-corrected chi connectivity index (χ2v) is 2.49. The summed E-state index contributed by atoms with van der Waals surface area (Å²) < 4.78 is 0. The Kier molecular flexibility index (Phi) is 3.57. The monoisotopic (exact) mass is 176 g/mol. The van der Waals surface area contributed by atoms with E-state index in [2.05, 4.69) is 17.2 Å². The number of hydrogen-bond acceptors (Lipinski definition) is 1. The lowest BCUT2D eigenvalue weighted by Crippen LogP contribution is -2.28. The summed E-state index contributed by atoms with van der Waals surface area (Å²) in [4.78, 5) is 11.1. The van der Waals surface area contributed by atoms with E-state index in [0.717, 1.165) is 5.69 Å². The topological polar surface area (TPSA) is 41.1 Å². The van der Waals surface area contributed by atoms with Crippen molar-refractivity contribution in [2.24, 2.45) is 0 Å². The smallest absolute Gasteiger partial charge is 0.319 e. The lowest BCUT2D eigenvalue weighted by molar-refractivity contribution is 0.253. The Labute approximate surface area is 77.5 Å². The fraction of sp³-hybridized carbons (Fsp3) is 0.100. The highest BCUT2D eigenvalue weighted by Crippen LogP contribution is 2.03. The zero-order valence-electron chi connectivity index (χ0n) is 7.29. The molecule has 0 unspecified atom stereocenters. The van der Waals surface area contributed by atoms with Gasteiger partial charge in [0.05, 0.1) is 0 Å². The van der Waals surface area contributed by atoms with E-state index in [9.17, 15) is 4.79 Å². The zero-order valence-corrected chi connectivity index (χ0v) is 7.29. The van der Waals surface area contributed by atoms with Crippen molar-refractivity contribution < 1.29 is 4.79 Å². The highest BCUT2D eigenvalue weighted by atomic mass is 16.2. The molecule has 13 heavy (non-hydrogen) atoms. The average Bonchev–Trinajstić information content (AvgIpc) is 2.16. The predicted molar refractivity (Wildman–Crippen MR) is 53.7 cm³/mol. The third-order valence-electron chi connectivity index (χ3n) is 1.44. The second kappa shape index (κ2) is 4.98. The summed E-state index contributed by atoms with van der Waals surface area (Å²) in [6.07, 6.45) is 1.63. The first kappa shape index (κ1) is 9.32. The molecule has 2 N–H and O–H groups in total. The van der Waals surface area contributed by atoms with Gasteiger partial charge in [0.1, 0.15) is 0 Å². The summed E-state index contributed by atoms with van der Waals surface area (Å²) in [5, 5.41) is 5.29. The molecule has 0 aliphatic carbocycles. The number of rotatable bonds is 3. The molecular weight excluding hydrogens is 164 g/mol. The van der Waals surface area contributed by atoms with Crippen molar-refractivity contribution in [1.82, 2.24) is 5.32 Å². The van der Waals surface area contributed by atoms with E-state index in [1.165, 1.54) is 0 Å². The molecule has 0 bridgehead atoms. The minimum Gasteiger partial charge on any atom is -0.334 e. The quantitative estimate of drug-likeness (QED) is 0.679. The van der Waals surface area contributed by atoms with Crippen molar-refractivity contribution in [2.45, 2.75) is 0 Å². The van der Waals surface area contributed by atoms with Crippen molar-refractivity contribution in [3.05, 3.63) is 43.0 Å². The van der Waals surface area contributed by atoms with Gasteiger partial charge in [0.15, 0.2) is 0 Å². The van der Waals surface area contributed by atoms with Crippen molar-refractivity contribution in [2.75, 3.05) is 11.9 Å². The number of amides is 2. The molecule has 0 aliphatic rings. The lowest BCUT2D eigenvalue weighted by Gasteiger charge is -2.04. The molecule has 0 atom stereocenters. The number of nitrogens with one attached hydrogen (secondary N) is 2. The Balaban J connectivity index is 2.41. The molecule has 0 aromatic heterocycles. The number of anilines is 1. The molecule has 0 aliphatic heterocycles. The van der Waals surface area contributed by atoms with Gasteiger partial charge in [-0.25, -0.2) is 4.79 Å². The van der Waals surface area contributed by atoms with Crippen LogP contribution in [-0.2, 0) is 0 Å². The Bertz CT molecular complexity index is 282. The number of carbonyl (C=O) groups is 1. The van der Waals surface area contributed by atoms with E-state index in [0.29, 0.717) is 6.54 Å². The Morgan fingerprint density at radius 2 is 2.08 bits per heavy atom. The number of urea groups is 1. The van der Waals surface area contributed by atoms with Crippen LogP contribution in [0, 0.1) is 0 Å². The molecule has 3 heteroatoms. The first-order valence-electron chi connectivity index (χ1n) is 4.03. The van der Waals surface area contributed by atoms with Crippen LogP contribution in [0.2, 0.25) is 0 Å². The Morgan fingerprint density at radius 1 is 1.38 bits per heavy atom. The number of benzene rings is 1. The van der Waals surface area contributed by atoms with Crippen molar-refractivity contribution in [3.63, 3.8) is 0 Å². The largest absolute Gasteiger partial charge is 0.334 e. The maximum Gasteiger partial charge on any atom is 0.319 e. The van der Waals surface area contributed by atoms with Crippen LogP contribution in [0.1, 0.15) is 0 Å². The van der Waals surface area contributed by atoms with Gasteiger partial charge in [0.2, 0.25) is 0 Å². The van der Waals surface area contributed by atoms with Crippen molar-refractivity contribution >= 4 is 11.7 Å². The summed E-state index contributed by atoms with van der Waals surface area (Å²) in [5.41, 5.74) is 0.782. The van der Waals surface area contributed by atoms with E-state index >= 15 is 0 Å². The van der Waals surface area contributed by atoms with E-state index in [-0.39, 0.29) is 6.03 Å². The van der Waals surface area contributed by atoms with Crippen LogP contribution in [0.4, 0.5) is 10.5 Å². The van der Waals surface area contributed by atoms with Gasteiger partial charge in [-0.2, -0.15) is 0 Å². The maximum absolute atomic E-state index is 11.1. The molecular formula is C10H12N2O. The zero-order chi connectivity index (χ0) is 9.52. The minimum absolute atomic E-state index is 0.217. The van der Waals surface area contributed by atoms with Gasteiger partial charge in [-0.15, -0.1) is 6.58 Å². The van der Waals surface area contributed by atoms with Crippen molar-refractivity contribution in [3.8, 4) is 0 Å². The Hall–Kier alpha value is -1.77. The first-order chi connectivity index (χ1) is 6.33. The summed E-state index contributed by atoms with van der Waals surface area (Å²) in [6, 6.07) is 9.06. The Morgan fingerprint density at radius 3 is 2.69 bits per heavy atom. The lowest BCUT2D eigenvalue weighted by atomic mass is 10.3. The normalized spacial score (nSPS) is 8.92. The third-order valence-corrected chi connectivity index (χ3v) is 1.44. The van der Waals surface area contributed by atoms with Gasteiger partial charge in [-0.1, -0.05) is 24.3 Å². The summed E-state index contributed by atoms with van der Waals surface area (Å²) in [6.45, 7) is 3.97. The van der Waals surface area contributed by atoms with Crippen LogP contribution in [0.3, 0.4) is 0 Å². The van der Waals surface area contributed by atoms with Crippen LogP contribution >= 0.6 is 0 Å². The van der Waals surface area contributed by atoms with Crippen LogP contribution in [0.15, 0.2) is 43.0 Å². The molecule has 68 valence electrons. The molecule has 1 aromatic carbocycles. The van der Waals surface area contributed by atoms with Gasteiger partial charge in [-0.05, 0) is 12.1 Å². The minimum atomic E-state index is -0.217.